The van der Waals surface area contributed by atoms with Gasteiger partial charge in [-0.1, -0.05) is 13.8 Å². The van der Waals surface area contributed by atoms with Gasteiger partial charge in [0.2, 0.25) is 0 Å². The Morgan fingerprint density at radius 1 is 1.00 bits per heavy atom. The maximum absolute atomic E-state index is 13.2. The number of phenolic OH excluding ortho intramolecular Hbond substituents is 1. The van der Waals surface area contributed by atoms with Crippen molar-refractivity contribution in [2.45, 2.75) is 26.7 Å². The van der Waals surface area contributed by atoms with E-state index in [0.717, 1.165) is 0 Å². The topological polar surface area (TPSA) is 20.2 Å². The van der Waals surface area contributed by atoms with E-state index in [-0.39, 0.29) is 11.1 Å². The summed E-state index contributed by atoms with van der Waals surface area (Å²) in [7, 11) is 0. The second-order valence-electron chi connectivity index (χ2n) is 3.48. The number of hydrogen-bond donors (Lipinski definition) is 1. The summed E-state index contributed by atoms with van der Waals surface area (Å²) in [6.07, 6.45) is 0. The lowest BCUT2D eigenvalue weighted by molar-refractivity contribution is 0.398. The van der Waals surface area contributed by atoms with Gasteiger partial charge >= 0.3 is 0 Å². The molecule has 0 heterocycles. The maximum atomic E-state index is 13.2. The molecule has 1 N–H and O–H groups in total. The predicted octanol–water partition coefficient (Wildman–Crippen LogP) is 3.24. The van der Waals surface area contributed by atoms with Crippen LogP contribution in [0.25, 0.3) is 0 Å². The molecule has 0 aromatic heterocycles. The summed E-state index contributed by atoms with van der Waals surface area (Å²) in [5, 5.41) is 9.41. The van der Waals surface area contributed by atoms with Gasteiger partial charge in [0.1, 0.15) is 5.75 Å². The highest BCUT2D eigenvalue weighted by Gasteiger charge is 2.23. The SMILES string of the molecule is Cc1c(O)c(C(C)C)c(F)c(F)c1F. The quantitative estimate of drug-likeness (QED) is 0.696. The zero-order valence-electron chi connectivity index (χ0n) is 8.16. The average Bonchev–Trinajstić information content (AvgIpc) is 2.11. The molecule has 0 bridgehead atoms. The summed E-state index contributed by atoms with van der Waals surface area (Å²) in [6, 6.07) is 0. The zero-order chi connectivity index (χ0) is 11.0. The monoisotopic (exact) mass is 204 g/mol. The maximum Gasteiger partial charge on any atom is 0.195 e. The molecule has 0 fully saturated rings. The number of phenols is 1. The van der Waals surface area contributed by atoms with Crippen LogP contribution in [0.2, 0.25) is 0 Å². The average molecular weight is 204 g/mol. The van der Waals surface area contributed by atoms with Crippen LogP contribution < -0.4 is 0 Å². The summed E-state index contributed by atoms with van der Waals surface area (Å²) in [6.45, 7) is 4.39. The predicted molar refractivity (Wildman–Crippen MR) is 46.8 cm³/mol. The smallest absolute Gasteiger partial charge is 0.195 e. The molecule has 0 aliphatic heterocycles. The molecule has 0 aliphatic carbocycles. The van der Waals surface area contributed by atoms with E-state index in [1.807, 2.05) is 0 Å². The molecule has 1 nitrogen and oxygen atoms in total. The van der Waals surface area contributed by atoms with Gasteiger partial charge in [0.15, 0.2) is 17.5 Å². The second-order valence-corrected chi connectivity index (χ2v) is 3.48. The Balaban J connectivity index is 3.60. The normalized spacial score (nSPS) is 11.1. The van der Waals surface area contributed by atoms with Crippen molar-refractivity contribution < 1.29 is 18.3 Å². The van der Waals surface area contributed by atoms with Crippen molar-refractivity contribution in [3.63, 3.8) is 0 Å². The fraction of sp³-hybridized carbons (Fsp3) is 0.400. The van der Waals surface area contributed by atoms with Gasteiger partial charge in [-0.2, -0.15) is 0 Å². The van der Waals surface area contributed by atoms with Gasteiger partial charge in [0.25, 0.3) is 0 Å². The molecule has 0 unspecified atom stereocenters. The molecular formula is C10H11F3O. The Morgan fingerprint density at radius 3 is 1.93 bits per heavy atom. The summed E-state index contributed by atoms with van der Waals surface area (Å²) in [5.41, 5.74) is -0.436. The van der Waals surface area contributed by atoms with E-state index in [2.05, 4.69) is 0 Å². The fourth-order valence-corrected chi connectivity index (χ4v) is 1.32. The first kappa shape index (κ1) is 10.9. The minimum atomic E-state index is -1.52. The van der Waals surface area contributed by atoms with Crippen LogP contribution in [0.4, 0.5) is 13.2 Å². The van der Waals surface area contributed by atoms with Crippen LogP contribution in [0.1, 0.15) is 30.9 Å². The van der Waals surface area contributed by atoms with Crippen molar-refractivity contribution >= 4 is 0 Å². The van der Waals surface area contributed by atoms with Crippen LogP contribution >= 0.6 is 0 Å². The van der Waals surface area contributed by atoms with Crippen molar-refractivity contribution in [2.24, 2.45) is 0 Å². The van der Waals surface area contributed by atoms with E-state index < -0.39 is 29.1 Å². The van der Waals surface area contributed by atoms with Gasteiger partial charge in [-0.25, -0.2) is 13.2 Å². The highest BCUT2D eigenvalue weighted by Crippen LogP contribution is 2.34. The third kappa shape index (κ3) is 1.45. The van der Waals surface area contributed by atoms with Crippen LogP contribution in [0.3, 0.4) is 0 Å². The lowest BCUT2D eigenvalue weighted by atomic mass is 9.98. The third-order valence-corrected chi connectivity index (χ3v) is 2.14. The summed E-state index contributed by atoms with van der Waals surface area (Å²) in [4.78, 5) is 0. The van der Waals surface area contributed by atoms with Crippen LogP contribution in [0.5, 0.6) is 5.75 Å². The Kier molecular flexibility index (Phi) is 2.73. The Morgan fingerprint density at radius 2 is 1.50 bits per heavy atom. The molecule has 0 atom stereocenters. The van der Waals surface area contributed by atoms with E-state index in [1.54, 1.807) is 13.8 Å². The molecule has 1 aromatic rings. The summed E-state index contributed by atoms with van der Waals surface area (Å²) < 4.78 is 39.0. The van der Waals surface area contributed by atoms with Crippen LogP contribution in [-0.2, 0) is 0 Å². The van der Waals surface area contributed by atoms with Gasteiger partial charge < -0.3 is 5.11 Å². The molecule has 1 aromatic carbocycles. The molecule has 78 valence electrons. The lowest BCUT2D eigenvalue weighted by Crippen LogP contribution is -2.03. The van der Waals surface area contributed by atoms with Crippen molar-refractivity contribution in [2.75, 3.05) is 0 Å². The van der Waals surface area contributed by atoms with Gasteiger partial charge in [-0.3, -0.25) is 0 Å². The standard InChI is InChI=1S/C10H11F3O/c1-4(2)6-8(12)9(13)7(11)5(3)10(6)14/h4,14H,1-3H3. The molecule has 0 saturated carbocycles. The molecule has 0 amide bonds. The van der Waals surface area contributed by atoms with Crippen molar-refractivity contribution in [3.8, 4) is 5.75 Å². The number of halogens is 3. The summed E-state index contributed by atoms with van der Waals surface area (Å²) >= 11 is 0. The van der Waals surface area contributed by atoms with E-state index in [0.29, 0.717) is 0 Å². The number of rotatable bonds is 1. The molecule has 14 heavy (non-hydrogen) atoms. The molecule has 0 saturated heterocycles. The molecule has 1 rings (SSSR count). The number of hydrogen-bond acceptors (Lipinski definition) is 1. The Bertz CT molecular complexity index is 343. The van der Waals surface area contributed by atoms with Crippen molar-refractivity contribution in [1.29, 1.82) is 0 Å². The molecular weight excluding hydrogens is 193 g/mol. The van der Waals surface area contributed by atoms with Crippen LogP contribution in [-0.4, -0.2) is 5.11 Å². The third-order valence-electron chi connectivity index (χ3n) is 2.14. The first-order chi connectivity index (χ1) is 6.37. The van der Waals surface area contributed by atoms with E-state index in [4.69, 9.17) is 0 Å². The first-order valence-electron chi connectivity index (χ1n) is 4.23. The van der Waals surface area contributed by atoms with Crippen LogP contribution in [0, 0.1) is 24.4 Å². The highest BCUT2D eigenvalue weighted by molar-refractivity contribution is 5.43. The molecule has 0 radical (unpaired) electrons. The van der Waals surface area contributed by atoms with E-state index in [9.17, 15) is 18.3 Å². The Labute approximate surface area is 80.2 Å². The highest BCUT2D eigenvalue weighted by atomic mass is 19.2. The summed E-state index contributed by atoms with van der Waals surface area (Å²) in [5.74, 6) is -5.06. The molecule has 0 spiro atoms. The first-order valence-corrected chi connectivity index (χ1v) is 4.23. The molecule has 4 heteroatoms. The second kappa shape index (κ2) is 3.52. The number of benzene rings is 1. The van der Waals surface area contributed by atoms with Crippen molar-refractivity contribution in [3.05, 3.63) is 28.6 Å². The van der Waals surface area contributed by atoms with Gasteiger partial charge in [0.05, 0.1) is 0 Å². The van der Waals surface area contributed by atoms with Gasteiger partial charge in [0, 0.05) is 11.1 Å². The molecule has 0 aliphatic rings. The minimum absolute atomic E-state index is 0.179. The van der Waals surface area contributed by atoms with E-state index >= 15 is 0 Å². The van der Waals surface area contributed by atoms with Gasteiger partial charge in [-0.05, 0) is 12.8 Å². The largest absolute Gasteiger partial charge is 0.507 e. The van der Waals surface area contributed by atoms with Crippen LogP contribution in [0.15, 0.2) is 0 Å². The number of aromatic hydroxyl groups is 1. The minimum Gasteiger partial charge on any atom is -0.507 e. The lowest BCUT2D eigenvalue weighted by Gasteiger charge is -2.13. The van der Waals surface area contributed by atoms with Crippen molar-refractivity contribution in [1.82, 2.24) is 0 Å². The Hall–Kier alpha value is -1.19. The van der Waals surface area contributed by atoms with E-state index in [1.165, 1.54) is 6.92 Å². The zero-order valence-corrected chi connectivity index (χ0v) is 8.16. The fourth-order valence-electron chi connectivity index (χ4n) is 1.32. The van der Waals surface area contributed by atoms with Gasteiger partial charge in [-0.15, -0.1) is 0 Å².